The molecule has 1 aliphatic heterocycles. The molecule has 0 bridgehead atoms. The smallest absolute Gasteiger partial charge is 0.163 e. The molecule has 0 N–H and O–H groups in total. The number of fused-ring (bicyclic) bond motifs is 3. The third-order valence-electron chi connectivity index (χ3n) is 5.37. The summed E-state index contributed by atoms with van der Waals surface area (Å²) in [5.41, 5.74) is 5.01. The molecule has 2 aliphatic rings. The number of nitrogens with zero attached hydrogens (tertiary/aromatic N) is 2. The average Bonchev–Trinajstić information content (AvgIpc) is 3.25. The topological polar surface area (TPSA) is 51.5 Å². The minimum absolute atomic E-state index is 0.0139. The zero-order valence-electron chi connectivity index (χ0n) is 17.4. The van der Waals surface area contributed by atoms with E-state index in [4.69, 9.17) is 9.72 Å². The van der Waals surface area contributed by atoms with Crippen LogP contribution in [0.4, 0.5) is 0 Å². The first-order chi connectivity index (χ1) is 13.3. The number of rotatable bonds is 4. The molecule has 0 aromatic carbocycles. The zero-order valence-corrected chi connectivity index (χ0v) is 18.2. The van der Waals surface area contributed by atoms with Crippen molar-refractivity contribution in [3.63, 3.8) is 0 Å². The van der Waals surface area contributed by atoms with Crippen LogP contribution in [0.3, 0.4) is 0 Å². The lowest BCUT2D eigenvalue weighted by molar-refractivity contribution is -0.138. The molecule has 0 saturated carbocycles. The summed E-state index contributed by atoms with van der Waals surface area (Å²) in [5, 5.41) is 1.23. The van der Waals surface area contributed by atoms with Crippen molar-refractivity contribution in [2.75, 3.05) is 6.54 Å². The van der Waals surface area contributed by atoms with Gasteiger partial charge in [-0.15, -0.1) is 11.3 Å². The van der Waals surface area contributed by atoms with Gasteiger partial charge in [0.25, 0.3) is 0 Å². The van der Waals surface area contributed by atoms with Gasteiger partial charge in [-0.1, -0.05) is 6.08 Å². The maximum Gasteiger partial charge on any atom is 0.163 e. The Bertz CT molecular complexity index is 1010. The van der Waals surface area contributed by atoms with Crippen LogP contribution in [0.25, 0.3) is 15.8 Å². The van der Waals surface area contributed by atoms with Crippen molar-refractivity contribution in [3.8, 4) is 0 Å². The molecule has 1 atom stereocenters. The summed E-state index contributed by atoms with van der Waals surface area (Å²) in [6.07, 6.45) is 8.14. The monoisotopic (exact) mass is 396 g/mol. The van der Waals surface area contributed by atoms with Gasteiger partial charge in [-0.25, -0.2) is 4.98 Å². The first-order valence-corrected chi connectivity index (χ1v) is 10.9. The molecule has 0 amide bonds. The largest absolute Gasteiger partial charge is 0.360 e. The van der Waals surface area contributed by atoms with Crippen LogP contribution in [0.1, 0.15) is 73.9 Å². The average molecular weight is 397 g/mol. The number of pyridine rings is 1. The number of aliphatic imine (C=N–C) groups is 1. The lowest BCUT2D eigenvalue weighted by atomic mass is 9.87. The molecule has 28 heavy (non-hydrogen) atoms. The standard InChI is InChI=1S/C23H28N2O2S/c1-13-18(21(14(2)26)27-23(3,4)5)19(15-10-11-24-12-15)20-16-8-6-7-9-17(16)28-22(20)25-13/h10,12,21H,6-9,11H2,1-5H3. The van der Waals surface area contributed by atoms with Gasteiger partial charge in [0, 0.05) is 33.3 Å². The van der Waals surface area contributed by atoms with Crippen LogP contribution in [0.15, 0.2) is 11.1 Å². The molecule has 0 fully saturated rings. The Morgan fingerprint density at radius 3 is 2.64 bits per heavy atom. The van der Waals surface area contributed by atoms with Crippen LogP contribution in [0.5, 0.6) is 0 Å². The first-order valence-electron chi connectivity index (χ1n) is 10.1. The number of ketones is 1. The SMILES string of the molecule is CC(=O)C(OC(C)(C)C)c1c(C)nc2sc3c(c2c1C1=CCN=C1)CCCC3. The number of ether oxygens (including phenoxy) is 1. The minimum Gasteiger partial charge on any atom is -0.360 e. The number of aromatic nitrogens is 1. The summed E-state index contributed by atoms with van der Waals surface area (Å²) in [5.74, 6) is 0.0139. The number of Topliss-reactive ketones (excluding diaryl/α,β-unsaturated/α-hetero) is 1. The predicted molar refractivity (Wildman–Crippen MR) is 117 cm³/mol. The van der Waals surface area contributed by atoms with Crippen molar-refractivity contribution in [2.45, 2.75) is 72.0 Å². The van der Waals surface area contributed by atoms with Crippen LogP contribution < -0.4 is 0 Å². The van der Waals surface area contributed by atoms with Crippen molar-refractivity contribution < 1.29 is 9.53 Å². The second-order valence-electron chi connectivity index (χ2n) is 8.75. The van der Waals surface area contributed by atoms with Gasteiger partial charge in [0.15, 0.2) is 5.78 Å². The Kier molecular flexibility index (Phi) is 5.00. The summed E-state index contributed by atoms with van der Waals surface area (Å²) in [4.78, 5) is 24.6. The molecule has 0 saturated heterocycles. The molecule has 1 aliphatic carbocycles. The second kappa shape index (κ2) is 7.20. The number of carbonyl (C=O) groups excluding carboxylic acids is 1. The fraction of sp³-hybridized carbons (Fsp3) is 0.522. The van der Waals surface area contributed by atoms with E-state index in [-0.39, 0.29) is 5.78 Å². The summed E-state index contributed by atoms with van der Waals surface area (Å²) in [6.45, 7) is 10.3. The summed E-state index contributed by atoms with van der Waals surface area (Å²) >= 11 is 1.82. The van der Waals surface area contributed by atoms with Crippen molar-refractivity contribution in [2.24, 2.45) is 4.99 Å². The predicted octanol–water partition coefficient (Wildman–Crippen LogP) is 5.40. The quantitative estimate of drug-likeness (QED) is 0.695. The molecular formula is C23H28N2O2S. The summed E-state index contributed by atoms with van der Waals surface area (Å²) in [7, 11) is 0. The highest BCUT2D eigenvalue weighted by atomic mass is 32.1. The molecule has 1 unspecified atom stereocenters. The summed E-state index contributed by atoms with van der Waals surface area (Å²) < 4.78 is 6.28. The Labute approximate surface area is 170 Å². The van der Waals surface area contributed by atoms with E-state index in [1.807, 2.05) is 45.2 Å². The van der Waals surface area contributed by atoms with Crippen LogP contribution >= 0.6 is 11.3 Å². The third kappa shape index (κ3) is 3.46. The van der Waals surface area contributed by atoms with Gasteiger partial charge >= 0.3 is 0 Å². The van der Waals surface area contributed by atoms with E-state index in [1.54, 1.807) is 6.92 Å². The lowest BCUT2D eigenvalue weighted by Gasteiger charge is -2.29. The van der Waals surface area contributed by atoms with Crippen molar-refractivity contribution in [1.29, 1.82) is 0 Å². The van der Waals surface area contributed by atoms with Gasteiger partial charge in [-0.3, -0.25) is 9.79 Å². The molecule has 148 valence electrons. The van der Waals surface area contributed by atoms with E-state index in [0.29, 0.717) is 6.54 Å². The fourth-order valence-electron chi connectivity index (χ4n) is 4.26. The molecule has 2 aromatic rings. The van der Waals surface area contributed by atoms with Crippen molar-refractivity contribution in [1.82, 2.24) is 4.98 Å². The Morgan fingerprint density at radius 2 is 2.00 bits per heavy atom. The van der Waals surface area contributed by atoms with E-state index in [9.17, 15) is 4.79 Å². The third-order valence-corrected chi connectivity index (χ3v) is 6.56. The van der Waals surface area contributed by atoms with Crippen LogP contribution in [0, 0.1) is 6.92 Å². The van der Waals surface area contributed by atoms with Gasteiger partial charge in [0.1, 0.15) is 10.9 Å². The second-order valence-corrected chi connectivity index (χ2v) is 9.84. The number of aryl methyl sites for hydroxylation is 3. The molecule has 2 aromatic heterocycles. The van der Waals surface area contributed by atoms with Crippen LogP contribution in [-0.4, -0.2) is 29.1 Å². The normalized spacial score (nSPS) is 17.7. The molecule has 5 heteroatoms. The summed E-state index contributed by atoms with van der Waals surface area (Å²) in [6, 6.07) is 0. The number of carbonyl (C=O) groups is 1. The fourth-order valence-corrected chi connectivity index (χ4v) is 5.57. The Hall–Kier alpha value is -1.85. The number of thiophene rings is 1. The van der Waals surface area contributed by atoms with E-state index >= 15 is 0 Å². The van der Waals surface area contributed by atoms with E-state index in [1.165, 1.54) is 28.7 Å². The van der Waals surface area contributed by atoms with Gasteiger partial charge in [-0.2, -0.15) is 0 Å². The van der Waals surface area contributed by atoms with Crippen LogP contribution in [-0.2, 0) is 22.4 Å². The van der Waals surface area contributed by atoms with E-state index in [0.717, 1.165) is 40.1 Å². The number of hydrogen-bond acceptors (Lipinski definition) is 5. The van der Waals surface area contributed by atoms with E-state index < -0.39 is 11.7 Å². The van der Waals surface area contributed by atoms with Crippen LogP contribution in [0.2, 0.25) is 0 Å². The van der Waals surface area contributed by atoms with Crippen molar-refractivity contribution >= 4 is 39.1 Å². The highest BCUT2D eigenvalue weighted by Gasteiger charge is 2.32. The highest BCUT2D eigenvalue weighted by Crippen LogP contribution is 2.44. The molecular weight excluding hydrogens is 368 g/mol. The zero-order chi connectivity index (χ0) is 20.1. The van der Waals surface area contributed by atoms with Gasteiger partial charge in [0.2, 0.25) is 0 Å². The first kappa shape index (κ1) is 19.5. The Morgan fingerprint density at radius 1 is 1.25 bits per heavy atom. The van der Waals surface area contributed by atoms with E-state index in [2.05, 4.69) is 11.1 Å². The van der Waals surface area contributed by atoms with Gasteiger partial charge in [0.05, 0.1) is 12.1 Å². The van der Waals surface area contributed by atoms with Gasteiger partial charge in [-0.05, 0) is 71.4 Å². The van der Waals surface area contributed by atoms with Gasteiger partial charge < -0.3 is 4.74 Å². The number of hydrogen-bond donors (Lipinski definition) is 0. The lowest BCUT2D eigenvalue weighted by Crippen LogP contribution is -2.28. The van der Waals surface area contributed by atoms with Crippen molar-refractivity contribution in [3.05, 3.63) is 33.3 Å². The molecule has 4 nitrogen and oxygen atoms in total. The molecule has 3 heterocycles. The molecule has 0 radical (unpaired) electrons. The maximum absolute atomic E-state index is 12.7. The molecule has 0 spiro atoms. The maximum atomic E-state index is 12.7. The number of allylic oxidation sites excluding steroid dienone is 1. The minimum atomic E-state index is -0.624. The Balaban J connectivity index is 2.04. The highest BCUT2D eigenvalue weighted by molar-refractivity contribution is 7.18. The molecule has 4 rings (SSSR count).